The number of aliphatic carboxylic acids is 1. The Morgan fingerprint density at radius 1 is 1.24 bits per heavy atom. The molecule has 3 fully saturated rings. The Balaban J connectivity index is 1.50. The van der Waals surface area contributed by atoms with Gasteiger partial charge in [0.2, 0.25) is 0 Å². The smallest absolute Gasteiger partial charge is 0.303 e. The van der Waals surface area contributed by atoms with Crippen LogP contribution in [0.1, 0.15) is 57.9 Å². The maximum absolute atomic E-state index is 10.6. The van der Waals surface area contributed by atoms with Gasteiger partial charge in [-0.1, -0.05) is 56.3 Å². The minimum absolute atomic E-state index is 0.245. The van der Waals surface area contributed by atoms with Crippen LogP contribution >= 0.6 is 0 Å². The van der Waals surface area contributed by atoms with Crippen molar-refractivity contribution in [3.63, 3.8) is 0 Å². The van der Waals surface area contributed by atoms with Gasteiger partial charge in [-0.3, -0.25) is 4.79 Å². The second-order valence-electron chi connectivity index (χ2n) is 9.61. The van der Waals surface area contributed by atoms with Gasteiger partial charge in [0.15, 0.2) is 0 Å². The van der Waals surface area contributed by atoms with Crippen LogP contribution in [0.3, 0.4) is 0 Å². The van der Waals surface area contributed by atoms with Gasteiger partial charge in [-0.2, -0.15) is 0 Å². The van der Waals surface area contributed by atoms with Crippen molar-refractivity contribution in [2.24, 2.45) is 23.2 Å². The molecular weight excluding hydrogens is 362 g/mol. The maximum atomic E-state index is 10.6. The number of nitrogens with one attached hydrogen (secondary N) is 1. The molecule has 0 radical (unpaired) electrons. The van der Waals surface area contributed by atoms with Gasteiger partial charge >= 0.3 is 5.97 Å². The fourth-order valence-electron chi connectivity index (χ4n) is 5.50. The van der Waals surface area contributed by atoms with Crippen LogP contribution in [-0.2, 0) is 11.2 Å². The minimum Gasteiger partial charge on any atom is -0.481 e. The van der Waals surface area contributed by atoms with Crippen molar-refractivity contribution in [1.29, 1.82) is 0 Å². The second kappa shape index (κ2) is 9.90. The Morgan fingerprint density at radius 2 is 2.00 bits per heavy atom. The van der Waals surface area contributed by atoms with Crippen LogP contribution in [-0.4, -0.2) is 34.9 Å². The van der Waals surface area contributed by atoms with Crippen LogP contribution in [0.2, 0.25) is 0 Å². The van der Waals surface area contributed by atoms with E-state index in [2.05, 4.69) is 43.4 Å². The van der Waals surface area contributed by atoms with Crippen LogP contribution in [0, 0.1) is 23.2 Å². The Bertz CT molecular complexity index is 685. The number of unbranched alkanes of at least 4 members (excludes halogenated alkanes) is 1. The van der Waals surface area contributed by atoms with Gasteiger partial charge in [0, 0.05) is 19.0 Å². The Morgan fingerprint density at radius 3 is 2.69 bits per heavy atom. The number of allylic oxidation sites excluding steroid dienone is 2. The van der Waals surface area contributed by atoms with E-state index < -0.39 is 5.97 Å². The third kappa shape index (κ3) is 5.70. The largest absolute Gasteiger partial charge is 0.481 e. The summed E-state index contributed by atoms with van der Waals surface area (Å²) in [7, 11) is 0. The molecule has 0 aliphatic heterocycles. The zero-order chi connectivity index (χ0) is 20.9. The van der Waals surface area contributed by atoms with Crippen molar-refractivity contribution < 1.29 is 15.0 Å². The molecule has 4 rings (SSSR count). The van der Waals surface area contributed by atoms with E-state index in [1.807, 2.05) is 18.2 Å². The number of benzene rings is 1. The van der Waals surface area contributed by atoms with Crippen molar-refractivity contribution >= 4 is 5.97 Å². The van der Waals surface area contributed by atoms with E-state index >= 15 is 0 Å². The average molecular weight is 400 g/mol. The molecule has 160 valence electrons. The standard InChI is InChI=1S/C25H37NO3/c1-25(2)19-15-22(25)21(12-8-3-4-9-13-24(28)29)23(16-19)26-17-20(27)14-18-10-6-5-7-11-18/h3,5-8,10-11,19-23,26-27H,4,9,12-17H2,1-2H3,(H,28,29)/b8-3-/t19?,20-,21-,22?,23-/m0/s1. The lowest BCUT2D eigenvalue weighted by atomic mass is 9.44. The quantitative estimate of drug-likeness (QED) is 0.380. The number of hydrogen-bond donors (Lipinski definition) is 3. The number of fused-ring (bicyclic) bond motifs is 2. The lowest BCUT2D eigenvalue weighted by Gasteiger charge is -2.63. The lowest BCUT2D eigenvalue weighted by Crippen LogP contribution is -2.61. The van der Waals surface area contributed by atoms with Gasteiger partial charge in [0.1, 0.15) is 0 Å². The summed E-state index contributed by atoms with van der Waals surface area (Å²) in [5.74, 6) is 1.39. The molecule has 0 aromatic heterocycles. The summed E-state index contributed by atoms with van der Waals surface area (Å²) in [6, 6.07) is 10.6. The summed E-state index contributed by atoms with van der Waals surface area (Å²) in [6.07, 6.45) is 10.1. The molecule has 0 saturated heterocycles. The highest BCUT2D eigenvalue weighted by atomic mass is 16.4. The van der Waals surface area contributed by atoms with Crippen molar-refractivity contribution in [2.75, 3.05) is 6.54 Å². The van der Waals surface area contributed by atoms with Gasteiger partial charge < -0.3 is 15.5 Å². The van der Waals surface area contributed by atoms with Crippen LogP contribution in [0.5, 0.6) is 0 Å². The number of carboxylic acids is 1. The topological polar surface area (TPSA) is 69.6 Å². The highest BCUT2D eigenvalue weighted by Gasteiger charge is 2.56. The van der Waals surface area contributed by atoms with Gasteiger partial charge in [-0.15, -0.1) is 0 Å². The van der Waals surface area contributed by atoms with E-state index in [0.29, 0.717) is 36.8 Å². The number of carbonyl (C=O) groups is 1. The fraction of sp³-hybridized carbons (Fsp3) is 0.640. The number of aliphatic hydroxyl groups excluding tert-OH is 1. The summed E-state index contributed by atoms with van der Waals surface area (Å²) < 4.78 is 0. The van der Waals surface area contributed by atoms with Gasteiger partial charge in [-0.05, 0) is 67.3 Å². The van der Waals surface area contributed by atoms with Crippen LogP contribution < -0.4 is 5.32 Å². The summed E-state index contributed by atoms with van der Waals surface area (Å²) in [5, 5.41) is 22.9. The highest BCUT2D eigenvalue weighted by molar-refractivity contribution is 5.66. The summed E-state index contributed by atoms with van der Waals surface area (Å²) in [4.78, 5) is 10.6. The molecule has 29 heavy (non-hydrogen) atoms. The van der Waals surface area contributed by atoms with E-state index in [9.17, 15) is 9.90 Å². The lowest BCUT2D eigenvalue weighted by molar-refractivity contribution is -0.137. The van der Waals surface area contributed by atoms with E-state index in [4.69, 9.17) is 5.11 Å². The monoisotopic (exact) mass is 399 g/mol. The Kier molecular flexibility index (Phi) is 7.53. The van der Waals surface area contributed by atoms with Crippen LogP contribution in [0.25, 0.3) is 0 Å². The number of hydrogen-bond acceptors (Lipinski definition) is 3. The van der Waals surface area contributed by atoms with Crippen LogP contribution in [0.15, 0.2) is 42.5 Å². The molecule has 3 aliphatic carbocycles. The van der Waals surface area contributed by atoms with Crippen molar-refractivity contribution in [3.05, 3.63) is 48.0 Å². The summed E-state index contributed by atoms with van der Waals surface area (Å²) >= 11 is 0. The molecule has 3 saturated carbocycles. The van der Waals surface area contributed by atoms with Gasteiger partial charge in [0.05, 0.1) is 6.10 Å². The molecule has 3 N–H and O–H groups in total. The number of carboxylic acid groups (broad SMARTS) is 1. The normalized spacial score (nSPS) is 28.8. The van der Waals surface area contributed by atoms with E-state index in [1.165, 1.54) is 18.4 Å². The molecule has 0 heterocycles. The average Bonchev–Trinajstić information content (AvgIpc) is 2.69. The second-order valence-corrected chi connectivity index (χ2v) is 9.61. The third-order valence-electron chi connectivity index (χ3n) is 7.38. The van der Waals surface area contributed by atoms with Gasteiger partial charge in [0.25, 0.3) is 0 Å². The van der Waals surface area contributed by atoms with Crippen LogP contribution in [0.4, 0.5) is 0 Å². The summed E-state index contributed by atoms with van der Waals surface area (Å²) in [5.41, 5.74) is 1.60. The first-order chi connectivity index (χ1) is 13.9. The van der Waals surface area contributed by atoms with E-state index in [-0.39, 0.29) is 12.5 Å². The zero-order valence-corrected chi connectivity index (χ0v) is 17.9. The molecule has 2 bridgehead atoms. The molecular formula is C25H37NO3. The molecule has 2 unspecified atom stereocenters. The Hall–Kier alpha value is -1.65. The molecule has 3 aliphatic rings. The summed E-state index contributed by atoms with van der Waals surface area (Å²) in [6.45, 7) is 5.46. The third-order valence-corrected chi connectivity index (χ3v) is 7.38. The SMILES string of the molecule is CC1(C)C2CC1[C@H](C/C=C\CCCC(=O)O)[C@@H](NC[C@@H](O)Cc1ccccc1)C2. The van der Waals surface area contributed by atoms with E-state index in [1.54, 1.807) is 0 Å². The van der Waals surface area contributed by atoms with Crippen molar-refractivity contribution in [2.45, 2.75) is 70.9 Å². The number of aliphatic hydroxyl groups is 1. The number of rotatable bonds is 11. The van der Waals surface area contributed by atoms with E-state index in [0.717, 1.165) is 24.7 Å². The first-order valence-electron chi connectivity index (χ1n) is 11.2. The van der Waals surface area contributed by atoms with Crippen molar-refractivity contribution in [3.8, 4) is 0 Å². The Labute approximate surface area is 175 Å². The highest BCUT2D eigenvalue weighted by Crippen LogP contribution is 2.62. The maximum Gasteiger partial charge on any atom is 0.303 e. The minimum atomic E-state index is -0.716. The predicted molar refractivity (Wildman–Crippen MR) is 117 cm³/mol. The van der Waals surface area contributed by atoms with Crippen molar-refractivity contribution in [1.82, 2.24) is 5.32 Å². The molecule has 4 nitrogen and oxygen atoms in total. The molecule has 0 spiro atoms. The predicted octanol–water partition coefficient (Wildman–Crippen LogP) is 4.43. The molecule has 4 heteroatoms. The molecule has 1 aromatic rings. The zero-order valence-electron chi connectivity index (χ0n) is 17.9. The first-order valence-corrected chi connectivity index (χ1v) is 11.2. The van der Waals surface area contributed by atoms with Gasteiger partial charge in [-0.25, -0.2) is 0 Å². The first kappa shape index (κ1) is 22.0. The fourth-order valence-corrected chi connectivity index (χ4v) is 5.50. The molecule has 5 atom stereocenters. The molecule has 0 amide bonds. The molecule has 1 aromatic carbocycles.